The maximum atomic E-state index is 14.7. The molecule has 4 rings (SSSR count). The molecule has 2 aliphatic heterocycles. The topological polar surface area (TPSA) is 68.7 Å². The molecular formula is C21H20F7N3O3. The number of nitrogens with one attached hydrogen (secondary N) is 1. The summed E-state index contributed by atoms with van der Waals surface area (Å²) >= 11 is 0. The minimum atomic E-state index is -4.91. The minimum absolute atomic E-state index is 0.00488. The average Bonchev–Trinajstić information content (AvgIpc) is 3.45. The van der Waals surface area contributed by atoms with E-state index in [2.05, 4.69) is 10.4 Å². The van der Waals surface area contributed by atoms with Crippen LogP contribution in [-0.4, -0.2) is 40.2 Å². The van der Waals surface area contributed by atoms with Crippen molar-refractivity contribution in [1.82, 2.24) is 9.78 Å². The minimum Gasteiger partial charge on any atom is -0.368 e. The molecule has 1 amide bonds. The number of alkyl halides is 5. The SMILES string of the molecule is Cc1nn(C(F)F)cc1NC(=O)[C@@H]1O[C@@](C)(C(F)(F)F)[C@@H](C)[C@H]1c1ccc(F)c(F)c1C1CO1. The van der Waals surface area contributed by atoms with Gasteiger partial charge in [-0.3, -0.25) is 4.79 Å². The largest absolute Gasteiger partial charge is 0.417 e. The Balaban J connectivity index is 1.77. The van der Waals surface area contributed by atoms with E-state index in [1.165, 1.54) is 13.8 Å². The lowest BCUT2D eigenvalue weighted by molar-refractivity contribution is -0.272. The first-order valence-corrected chi connectivity index (χ1v) is 10.2. The van der Waals surface area contributed by atoms with Crippen molar-refractivity contribution in [3.8, 4) is 0 Å². The summed E-state index contributed by atoms with van der Waals surface area (Å²) in [7, 11) is 0. The molecule has 186 valence electrons. The molecule has 1 unspecified atom stereocenters. The Bertz CT molecular complexity index is 1120. The quantitative estimate of drug-likeness (QED) is 0.468. The zero-order valence-electron chi connectivity index (χ0n) is 18.1. The van der Waals surface area contributed by atoms with Gasteiger partial charge in [0.2, 0.25) is 0 Å². The highest BCUT2D eigenvalue weighted by molar-refractivity contribution is 5.95. The van der Waals surface area contributed by atoms with Gasteiger partial charge in [-0.15, -0.1) is 0 Å². The molecule has 34 heavy (non-hydrogen) atoms. The fourth-order valence-electron chi connectivity index (χ4n) is 4.35. The molecule has 13 heteroatoms. The Morgan fingerprint density at radius 3 is 2.47 bits per heavy atom. The molecule has 2 saturated heterocycles. The zero-order chi connectivity index (χ0) is 25.2. The smallest absolute Gasteiger partial charge is 0.368 e. The van der Waals surface area contributed by atoms with Crippen molar-refractivity contribution < 1.29 is 45.0 Å². The molecule has 0 saturated carbocycles. The van der Waals surface area contributed by atoms with E-state index >= 15 is 0 Å². The van der Waals surface area contributed by atoms with E-state index in [1.54, 1.807) is 0 Å². The number of hydrogen-bond donors (Lipinski definition) is 1. The van der Waals surface area contributed by atoms with Crippen LogP contribution in [0.3, 0.4) is 0 Å². The van der Waals surface area contributed by atoms with Crippen molar-refractivity contribution >= 4 is 11.6 Å². The van der Waals surface area contributed by atoms with E-state index < -0.39 is 59.9 Å². The number of rotatable bonds is 5. The third-order valence-corrected chi connectivity index (χ3v) is 6.48. The van der Waals surface area contributed by atoms with Crippen LogP contribution in [0.5, 0.6) is 0 Å². The normalized spacial score (nSPS) is 29.0. The van der Waals surface area contributed by atoms with E-state index in [0.29, 0.717) is 0 Å². The second-order valence-electron chi connectivity index (χ2n) is 8.52. The van der Waals surface area contributed by atoms with Crippen LogP contribution in [0.4, 0.5) is 36.4 Å². The van der Waals surface area contributed by atoms with Crippen LogP contribution >= 0.6 is 0 Å². The van der Waals surface area contributed by atoms with Gasteiger partial charge in [-0.05, 0) is 25.5 Å². The van der Waals surface area contributed by atoms with Crippen LogP contribution in [0.15, 0.2) is 18.3 Å². The van der Waals surface area contributed by atoms with E-state index in [1.807, 2.05) is 0 Å². The number of nitrogens with zero attached hydrogens (tertiary/aromatic N) is 2. The summed E-state index contributed by atoms with van der Waals surface area (Å²) in [6, 6.07) is 1.88. The lowest BCUT2D eigenvalue weighted by Crippen LogP contribution is -2.47. The predicted octanol–water partition coefficient (Wildman–Crippen LogP) is 5.01. The third kappa shape index (κ3) is 3.94. The first-order valence-electron chi connectivity index (χ1n) is 10.2. The number of halogens is 7. The van der Waals surface area contributed by atoms with E-state index in [4.69, 9.17) is 9.47 Å². The lowest BCUT2D eigenvalue weighted by atomic mass is 9.75. The first-order chi connectivity index (χ1) is 15.8. The van der Waals surface area contributed by atoms with Crippen LogP contribution < -0.4 is 5.32 Å². The number of epoxide rings is 1. The van der Waals surface area contributed by atoms with Crippen molar-refractivity contribution in [3.63, 3.8) is 0 Å². The predicted molar refractivity (Wildman–Crippen MR) is 103 cm³/mol. The van der Waals surface area contributed by atoms with Crippen molar-refractivity contribution in [2.24, 2.45) is 5.92 Å². The fraction of sp³-hybridized carbons (Fsp3) is 0.524. The first kappa shape index (κ1) is 24.5. The van der Waals surface area contributed by atoms with Crippen molar-refractivity contribution in [2.45, 2.75) is 57.2 Å². The van der Waals surface area contributed by atoms with Crippen molar-refractivity contribution in [3.05, 3.63) is 46.8 Å². The summed E-state index contributed by atoms with van der Waals surface area (Å²) in [5.74, 6) is -6.33. The summed E-state index contributed by atoms with van der Waals surface area (Å²) in [4.78, 5) is 13.1. The van der Waals surface area contributed by atoms with Gasteiger partial charge >= 0.3 is 12.7 Å². The maximum absolute atomic E-state index is 14.7. The summed E-state index contributed by atoms with van der Waals surface area (Å²) < 4.78 is 107. The molecule has 1 aromatic carbocycles. The van der Waals surface area contributed by atoms with Gasteiger partial charge in [0, 0.05) is 17.4 Å². The van der Waals surface area contributed by atoms with Gasteiger partial charge in [-0.1, -0.05) is 13.0 Å². The van der Waals surface area contributed by atoms with Gasteiger partial charge in [0.15, 0.2) is 17.2 Å². The van der Waals surface area contributed by atoms with Gasteiger partial charge < -0.3 is 14.8 Å². The molecular weight excluding hydrogens is 475 g/mol. The highest BCUT2D eigenvalue weighted by Crippen LogP contribution is 2.55. The second-order valence-corrected chi connectivity index (χ2v) is 8.52. The van der Waals surface area contributed by atoms with Crippen LogP contribution in [-0.2, 0) is 14.3 Å². The van der Waals surface area contributed by atoms with Crippen molar-refractivity contribution in [2.75, 3.05) is 11.9 Å². The Kier molecular flexibility index (Phi) is 5.91. The van der Waals surface area contributed by atoms with Crippen LogP contribution in [0.1, 0.15) is 49.2 Å². The molecule has 1 aromatic heterocycles. The molecule has 1 N–H and O–H groups in total. The Hall–Kier alpha value is -2.67. The van der Waals surface area contributed by atoms with Crippen LogP contribution in [0.25, 0.3) is 0 Å². The zero-order valence-corrected chi connectivity index (χ0v) is 18.1. The molecule has 0 bridgehead atoms. The summed E-state index contributed by atoms with van der Waals surface area (Å²) in [6.07, 6.45) is -6.76. The number of aromatic nitrogens is 2. The number of anilines is 1. The summed E-state index contributed by atoms with van der Waals surface area (Å²) in [5, 5.41) is 5.82. The molecule has 5 atom stereocenters. The molecule has 2 aromatic rings. The van der Waals surface area contributed by atoms with Gasteiger partial charge in [0.1, 0.15) is 12.2 Å². The van der Waals surface area contributed by atoms with Gasteiger partial charge in [-0.2, -0.15) is 27.1 Å². The Labute approximate surface area is 189 Å². The fourth-order valence-corrected chi connectivity index (χ4v) is 4.35. The molecule has 0 spiro atoms. The van der Waals surface area contributed by atoms with E-state index in [9.17, 15) is 35.5 Å². The molecule has 0 aliphatic carbocycles. The molecule has 2 fully saturated rings. The third-order valence-electron chi connectivity index (χ3n) is 6.48. The van der Waals surface area contributed by atoms with Crippen LogP contribution in [0.2, 0.25) is 0 Å². The number of hydrogen-bond acceptors (Lipinski definition) is 4. The van der Waals surface area contributed by atoms with Gasteiger partial charge in [0.05, 0.1) is 24.2 Å². The van der Waals surface area contributed by atoms with Crippen molar-refractivity contribution in [1.29, 1.82) is 0 Å². The molecule has 2 aliphatic rings. The second kappa shape index (κ2) is 8.22. The number of carbonyl (C=O) groups is 1. The van der Waals surface area contributed by atoms with E-state index in [0.717, 1.165) is 25.3 Å². The summed E-state index contributed by atoms with van der Waals surface area (Å²) in [6.45, 7) is 0.322. The number of ether oxygens (including phenoxy) is 2. The molecule has 3 heterocycles. The van der Waals surface area contributed by atoms with Gasteiger partial charge in [0.25, 0.3) is 5.91 Å². The number of amides is 1. The van der Waals surface area contributed by atoms with Gasteiger partial charge in [-0.25, -0.2) is 13.5 Å². The summed E-state index contributed by atoms with van der Waals surface area (Å²) in [5.41, 5.74) is -3.30. The number of aryl methyl sites for hydroxylation is 1. The monoisotopic (exact) mass is 495 g/mol. The van der Waals surface area contributed by atoms with E-state index in [-0.39, 0.29) is 33.8 Å². The highest BCUT2D eigenvalue weighted by Gasteiger charge is 2.66. The number of benzene rings is 1. The maximum Gasteiger partial charge on any atom is 0.417 e. The Morgan fingerprint density at radius 1 is 1.29 bits per heavy atom. The lowest BCUT2D eigenvalue weighted by Gasteiger charge is -2.32. The van der Waals surface area contributed by atoms with Crippen LogP contribution in [0, 0.1) is 24.5 Å². The highest BCUT2D eigenvalue weighted by atomic mass is 19.4. The number of carbonyl (C=O) groups excluding carboxylic acids is 1. The average molecular weight is 495 g/mol. The standard InChI is InChI=1S/C21H20F7N3O3/c1-8-14(10-4-5-11(22)16(23)15(10)13-7-33-13)17(34-20(8,3)21(26,27)28)18(32)29-12-6-31(19(24)25)30-9(12)2/h4-6,8,13-14,17,19H,7H2,1-3H3,(H,29,32)/t8-,13?,14-,17+,20+/m0/s1. The molecule has 6 nitrogen and oxygen atoms in total. The Morgan fingerprint density at radius 2 is 1.94 bits per heavy atom. The molecule has 0 radical (unpaired) electrons.